The number of fused-ring (bicyclic) bond motifs is 1. The van der Waals surface area contributed by atoms with Crippen molar-refractivity contribution in [2.45, 2.75) is 50.5 Å². The zero-order valence-corrected chi connectivity index (χ0v) is 17.5. The smallest absolute Gasteiger partial charge is 0.408 e. The lowest BCUT2D eigenvalue weighted by atomic mass is 9.94. The molecule has 1 saturated heterocycles. The highest BCUT2D eigenvalue weighted by atomic mass is 32.2. The van der Waals surface area contributed by atoms with Crippen LogP contribution in [0.3, 0.4) is 0 Å². The molecule has 1 aromatic carbocycles. The third-order valence-electron chi connectivity index (χ3n) is 5.57. The molecule has 2 heterocycles. The summed E-state index contributed by atoms with van der Waals surface area (Å²) in [5.41, 5.74) is 0.512. The minimum Gasteiger partial charge on any atom is -0.408 e. The summed E-state index contributed by atoms with van der Waals surface area (Å²) in [6.45, 7) is 6.53. The Balaban J connectivity index is 1.73. The number of piperidine rings is 1. The first-order valence-electron chi connectivity index (χ1n) is 9.47. The van der Waals surface area contributed by atoms with Crippen LogP contribution in [0.5, 0.6) is 0 Å². The Morgan fingerprint density at radius 1 is 1.29 bits per heavy atom. The number of nitrogens with one attached hydrogen (secondary N) is 1. The molecule has 9 heteroatoms. The molecule has 0 aliphatic carbocycles. The van der Waals surface area contributed by atoms with Gasteiger partial charge in [0.2, 0.25) is 15.9 Å². The van der Waals surface area contributed by atoms with E-state index in [0.29, 0.717) is 18.4 Å². The number of benzene rings is 1. The summed E-state index contributed by atoms with van der Waals surface area (Å²) >= 11 is 0. The molecular formula is C19H27N3O5S. The summed E-state index contributed by atoms with van der Waals surface area (Å²) in [6.07, 6.45) is 1.78. The van der Waals surface area contributed by atoms with E-state index < -0.39 is 15.8 Å². The fourth-order valence-corrected chi connectivity index (χ4v) is 4.79. The SMILES string of the molecule is CCC(C)(C)NC(=O)C1CCN(S(=O)(=O)c2ccc3c(c2)oc(=O)n3C)CC1. The predicted molar refractivity (Wildman–Crippen MR) is 105 cm³/mol. The van der Waals surface area contributed by atoms with Crippen LogP contribution in [0, 0.1) is 5.92 Å². The van der Waals surface area contributed by atoms with Gasteiger partial charge in [0.05, 0.1) is 10.4 Å². The van der Waals surface area contributed by atoms with E-state index >= 15 is 0 Å². The first-order valence-corrected chi connectivity index (χ1v) is 10.9. The van der Waals surface area contributed by atoms with Gasteiger partial charge in [-0.25, -0.2) is 13.2 Å². The van der Waals surface area contributed by atoms with E-state index in [1.807, 2.05) is 20.8 Å². The molecule has 0 atom stereocenters. The molecule has 0 saturated carbocycles. The third kappa shape index (κ3) is 3.86. The average molecular weight is 410 g/mol. The lowest BCUT2D eigenvalue weighted by molar-refractivity contribution is -0.127. The molecule has 0 bridgehead atoms. The van der Waals surface area contributed by atoms with Crippen LogP contribution in [0.15, 0.2) is 32.3 Å². The van der Waals surface area contributed by atoms with Crippen molar-refractivity contribution in [3.63, 3.8) is 0 Å². The van der Waals surface area contributed by atoms with Crippen molar-refractivity contribution < 1.29 is 17.6 Å². The highest BCUT2D eigenvalue weighted by Gasteiger charge is 2.33. The minimum absolute atomic E-state index is 0.0172. The van der Waals surface area contributed by atoms with E-state index in [1.165, 1.54) is 21.0 Å². The summed E-state index contributed by atoms with van der Waals surface area (Å²) in [5.74, 6) is -0.741. The third-order valence-corrected chi connectivity index (χ3v) is 7.47. The fourth-order valence-electron chi connectivity index (χ4n) is 3.31. The van der Waals surface area contributed by atoms with E-state index in [1.54, 1.807) is 13.1 Å². The topological polar surface area (TPSA) is 102 Å². The summed E-state index contributed by atoms with van der Waals surface area (Å²) in [5, 5.41) is 3.04. The van der Waals surface area contributed by atoms with Crippen molar-refractivity contribution in [2.75, 3.05) is 13.1 Å². The maximum Gasteiger partial charge on any atom is 0.419 e. The predicted octanol–water partition coefficient (Wildman–Crippen LogP) is 1.84. The first-order chi connectivity index (χ1) is 13.0. The highest BCUT2D eigenvalue weighted by molar-refractivity contribution is 7.89. The largest absolute Gasteiger partial charge is 0.419 e. The van der Waals surface area contributed by atoms with Crippen LogP contribution in [0.1, 0.15) is 40.0 Å². The normalized spacial score (nSPS) is 17.1. The van der Waals surface area contributed by atoms with Crippen molar-refractivity contribution in [3.8, 4) is 0 Å². The molecule has 2 aromatic rings. The van der Waals surface area contributed by atoms with Crippen LogP contribution in [0.25, 0.3) is 11.1 Å². The maximum atomic E-state index is 13.0. The molecule has 1 amide bonds. The Kier molecular flexibility index (Phi) is 5.42. The number of oxazole rings is 1. The summed E-state index contributed by atoms with van der Waals surface area (Å²) in [7, 11) is -2.15. The van der Waals surface area contributed by atoms with Crippen LogP contribution in [0.2, 0.25) is 0 Å². The summed E-state index contributed by atoms with van der Waals surface area (Å²) < 4.78 is 33.8. The quantitative estimate of drug-likeness (QED) is 0.812. The molecule has 8 nitrogen and oxygen atoms in total. The van der Waals surface area contributed by atoms with Gasteiger partial charge in [-0.3, -0.25) is 9.36 Å². The fraction of sp³-hybridized carbons (Fsp3) is 0.579. The molecule has 1 aliphatic heterocycles. The monoisotopic (exact) mass is 409 g/mol. The molecule has 0 unspecified atom stereocenters. The van der Waals surface area contributed by atoms with Crippen LogP contribution in [-0.4, -0.2) is 41.8 Å². The number of aryl methyl sites for hydroxylation is 1. The van der Waals surface area contributed by atoms with E-state index in [4.69, 9.17) is 4.42 Å². The Morgan fingerprint density at radius 3 is 2.54 bits per heavy atom. The molecular weight excluding hydrogens is 382 g/mol. The first kappa shape index (κ1) is 20.6. The highest BCUT2D eigenvalue weighted by Crippen LogP contribution is 2.26. The van der Waals surface area contributed by atoms with Crippen LogP contribution < -0.4 is 11.1 Å². The van der Waals surface area contributed by atoms with Gasteiger partial charge in [0.1, 0.15) is 0 Å². The van der Waals surface area contributed by atoms with E-state index in [9.17, 15) is 18.0 Å². The van der Waals surface area contributed by atoms with Crippen molar-refractivity contribution in [2.24, 2.45) is 13.0 Å². The van der Waals surface area contributed by atoms with Crippen molar-refractivity contribution in [1.29, 1.82) is 0 Å². The molecule has 1 aliphatic rings. The second-order valence-electron chi connectivity index (χ2n) is 7.96. The Bertz CT molecular complexity index is 1040. The van der Waals surface area contributed by atoms with Gasteiger partial charge in [0.25, 0.3) is 0 Å². The van der Waals surface area contributed by atoms with Crippen LogP contribution in [0.4, 0.5) is 0 Å². The van der Waals surface area contributed by atoms with Crippen molar-refractivity contribution in [1.82, 2.24) is 14.2 Å². The maximum absolute atomic E-state index is 13.0. The lowest BCUT2D eigenvalue weighted by Gasteiger charge is -2.33. The van der Waals surface area contributed by atoms with Gasteiger partial charge < -0.3 is 9.73 Å². The number of nitrogens with zero attached hydrogens (tertiary/aromatic N) is 2. The number of rotatable bonds is 5. The van der Waals surface area contributed by atoms with Crippen molar-refractivity contribution >= 4 is 27.0 Å². The zero-order chi connectivity index (χ0) is 20.7. The van der Waals surface area contributed by atoms with Gasteiger partial charge in [-0.2, -0.15) is 4.31 Å². The number of sulfonamides is 1. The van der Waals surface area contributed by atoms with E-state index in [-0.39, 0.29) is 40.9 Å². The van der Waals surface area contributed by atoms with E-state index in [0.717, 1.165) is 6.42 Å². The zero-order valence-electron chi connectivity index (χ0n) is 16.7. The summed E-state index contributed by atoms with van der Waals surface area (Å²) in [4.78, 5) is 24.2. The number of carbonyl (C=O) groups is 1. The van der Waals surface area contributed by atoms with Crippen LogP contribution >= 0.6 is 0 Å². The Morgan fingerprint density at radius 2 is 1.93 bits per heavy atom. The molecule has 1 aromatic heterocycles. The van der Waals surface area contributed by atoms with E-state index in [2.05, 4.69) is 5.32 Å². The number of carbonyl (C=O) groups excluding carboxylic acids is 1. The van der Waals surface area contributed by atoms with Gasteiger partial charge in [-0.05, 0) is 45.2 Å². The minimum atomic E-state index is -3.72. The Labute approximate surface area is 164 Å². The molecule has 3 rings (SSSR count). The van der Waals surface area contributed by atoms with Gasteiger partial charge in [0.15, 0.2) is 5.58 Å². The van der Waals surface area contributed by atoms with Crippen LogP contribution in [-0.2, 0) is 21.9 Å². The van der Waals surface area contributed by atoms with Gasteiger partial charge in [0, 0.05) is 37.7 Å². The van der Waals surface area contributed by atoms with Crippen molar-refractivity contribution in [3.05, 3.63) is 28.7 Å². The molecule has 0 radical (unpaired) electrons. The molecule has 154 valence electrons. The summed E-state index contributed by atoms with van der Waals surface area (Å²) in [6, 6.07) is 4.43. The molecule has 28 heavy (non-hydrogen) atoms. The van der Waals surface area contributed by atoms with Gasteiger partial charge in [-0.15, -0.1) is 0 Å². The second kappa shape index (κ2) is 7.36. The Hall–Kier alpha value is -2.13. The molecule has 1 fully saturated rings. The number of hydrogen-bond donors (Lipinski definition) is 1. The number of hydrogen-bond acceptors (Lipinski definition) is 5. The van der Waals surface area contributed by atoms with Gasteiger partial charge in [-0.1, -0.05) is 6.92 Å². The lowest BCUT2D eigenvalue weighted by Crippen LogP contribution is -2.48. The molecule has 0 spiro atoms. The number of aromatic nitrogens is 1. The second-order valence-corrected chi connectivity index (χ2v) is 9.90. The standard InChI is InChI=1S/C19H27N3O5S/c1-5-19(2,3)20-17(23)13-8-10-22(11-9-13)28(25,26)14-6-7-15-16(12-14)27-18(24)21(15)4/h6-7,12-13H,5,8-11H2,1-4H3,(H,20,23). The average Bonchev–Trinajstić information content (AvgIpc) is 2.95. The molecule has 1 N–H and O–H groups in total. The number of amides is 1. The van der Waals surface area contributed by atoms with Gasteiger partial charge >= 0.3 is 5.76 Å².